The van der Waals surface area contributed by atoms with Crippen LogP contribution in [0.15, 0.2) is 9.98 Å². The van der Waals surface area contributed by atoms with Gasteiger partial charge in [0, 0.05) is 12.5 Å². The highest BCUT2D eigenvalue weighted by Crippen LogP contribution is 2.35. The summed E-state index contributed by atoms with van der Waals surface area (Å²) in [7, 11) is 1.50. The van der Waals surface area contributed by atoms with E-state index in [4.69, 9.17) is 4.74 Å². The van der Waals surface area contributed by atoms with Crippen LogP contribution in [0.1, 0.15) is 70.7 Å². The van der Waals surface area contributed by atoms with Crippen molar-refractivity contribution in [1.29, 1.82) is 0 Å². The number of alkyl carbamates (subject to hydrolysis) is 1. The average Bonchev–Trinajstić information content (AvgIpc) is 2.96. The molecule has 0 aliphatic heterocycles. The van der Waals surface area contributed by atoms with Gasteiger partial charge in [-0.3, -0.25) is 0 Å². The predicted octanol–water partition coefficient (Wildman–Crippen LogP) is 5.06. The molecule has 0 unspecified atom stereocenters. The van der Waals surface area contributed by atoms with Crippen molar-refractivity contribution in [3.05, 3.63) is 15.0 Å². The van der Waals surface area contributed by atoms with E-state index in [0.717, 1.165) is 5.92 Å². The van der Waals surface area contributed by atoms with Crippen LogP contribution in [0, 0.1) is 0 Å². The fourth-order valence-electron chi connectivity index (χ4n) is 2.26. The molecule has 0 bridgehead atoms. The Hall–Kier alpha value is -0.660. The molecular weight excluding hydrogens is 390 g/mol. The Morgan fingerprint density at radius 3 is 2.38 bits per heavy atom. The highest BCUT2D eigenvalue weighted by atomic mass is 79.9. The molecule has 3 N–H and O–H groups in total. The van der Waals surface area contributed by atoms with E-state index in [0.29, 0.717) is 6.54 Å². The molecule has 1 aliphatic carbocycles. The van der Waals surface area contributed by atoms with Crippen LogP contribution in [0.2, 0.25) is 0 Å². The first-order chi connectivity index (χ1) is 11.3. The van der Waals surface area contributed by atoms with Gasteiger partial charge in [0.25, 0.3) is 0 Å². The third kappa shape index (κ3) is 11.0. The van der Waals surface area contributed by atoms with Crippen LogP contribution < -0.4 is 11.1 Å². The molecule has 7 heteroatoms. The Kier molecular flexibility index (Phi) is 12.3. The van der Waals surface area contributed by atoms with E-state index in [-0.39, 0.29) is 11.7 Å². The number of rotatable bonds is 2. The SMILES string of the molecule is Brc1cnc(C2CCCCC2)s1.CCNC(=O)OC(C)(C)C.CN. The smallest absolute Gasteiger partial charge is 0.407 e. The zero-order chi connectivity index (χ0) is 18.6. The molecule has 0 atom stereocenters. The third-order valence-corrected chi connectivity index (χ3v) is 4.81. The first-order valence-corrected chi connectivity index (χ1v) is 10.1. The largest absolute Gasteiger partial charge is 0.444 e. The summed E-state index contributed by atoms with van der Waals surface area (Å²) in [4.78, 5) is 15.1. The summed E-state index contributed by atoms with van der Waals surface area (Å²) in [5.74, 6) is 0.759. The van der Waals surface area contributed by atoms with Crippen molar-refractivity contribution in [3.63, 3.8) is 0 Å². The predicted molar refractivity (Wildman–Crippen MR) is 106 cm³/mol. The van der Waals surface area contributed by atoms with Gasteiger partial charge in [-0.2, -0.15) is 0 Å². The minimum absolute atomic E-state index is 0.352. The lowest BCUT2D eigenvalue weighted by molar-refractivity contribution is 0.0531. The van der Waals surface area contributed by atoms with E-state index < -0.39 is 0 Å². The zero-order valence-electron chi connectivity index (χ0n) is 15.5. The van der Waals surface area contributed by atoms with Crippen LogP contribution in [0.25, 0.3) is 0 Å². The summed E-state index contributed by atoms with van der Waals surface area (Å²) >= 11 is 5.25. The molecule has 0 radical (unpaired) electrons. The number of carbonyl (C=O) groups is 1. The molecule has 1 amide bonds. The number of ether oxygens (including phenoxy) is 1. The second-order valence-corrected chi connectivity index (χ2v) is 8.81. The number of carbonyl (C=O) groups excluding carboxylic acids is 1. The van der Waals surface area contributed by atoms with Crippen LogP contribution in [0.5, 0.6) is 0 Å². The van der Waals surface area contributed by atoms with Crippen LogP contribution in [0.4, 0.5) is 4.79 Å². The fourth-order valence-corrected chi connectivity index (χ4v) is 3.68. The summed E-state index contributed by atoms with van der Waals surface area (Å²) in [6.07, 6.45) is 8.47. The molecule has 5 nitrogen and oxygen atoms in total. The van der Waals surface area contributed by atoms with Gasteiger partial charge in [0.1, 0.15) is 5.60 Å². The molecule has 1 fully saturated rings. The number of nitrogens with two attached hydrogens (primary N) is 1. The van der Waals surface area contributed by atoms with Crippen molar-refractivity contribution in [2.75, 3.05) is 13.6 Å². The topological polar surface area (TPSA) is 77.2 Å². The second kappa shape index (κ2) is 12.7. The maximum absolute atomic E-state index is 10.7. The Morgan fingerprint density at radius 2 is 1.96 bits per heavy atom. The van der Waals surface area contributed by atoms with Crippen LogP contribution in [0.3, 0.4) is 0 Å². The second-order valence-electron chi connectivity index (χ2n) is 6.37. The van der Waals surface area contributed by atoms with E-state index in [1.807, 2.05) is 33.9 Å². The first-order valence-electron chi connectivity index (χ1n) is 8.47. The Labute approximate surface area is 158 Å². The fraction of sp³-hybridized carbons (Fsp3) is 0.765. The molecule has 1 saturated carbocycles. The van der Waals surface area contributed by atoms with Gasteiger partial charge in [-0.15, -0.1) is 11.3 Å². The van der Waals surface area contributed by atoms with E-state index in [1.54, 1.807) is 11.3 Å². The van der Waals surface area contributed by atoms with Crippen molar-refractivity contribution in [3.8, 4) is 0 Å². The van der Waals surface area contributed by atoms with Crippen molar-refractivity contribution >= 4 is 33.4 Å². The molecule has 1 aliphatic rings. The summed E-state index contributed by atoms with van der Waals surface area (Å²) in [5.41, 5.74) is 4.11. The summed E-state index contributed by atoms with van der Waals surface area (Å²) in [6.45, 7) is 7.96. The molecule has 1 aromatic rings. The summed E-state index contributed by atoms with van der Waals surface area (Å²) in [6, 6.07) is 0. The lowest BCUT2D eigenvalue weighted by atomic mass is 9.90. The number of hydrogen-bond donors (Lipinski definition) is 2. The quantitative estimate of drug-likeness (QED) is 0.699. The lowest BCUT2D eigenvalue weighted by Gasteiger charge is -2.19. The highest BCUT2D eigenvalue weighted by molar-refractivity contribution is 9.11. The zero-order valence-corrected chi connectivity index (χ0v) is 17.9. The van der Waals surface area contributed by atoms with Gasteiger partial charge in [0.05, 0.1) is 15.0 Å². The minimum atomic E-state index is -0.390. The third-order valence-electron chi connectivity index (χ3n) is 3.17. The molecule has 1 heterocycles. The summed E-state index contributed by atoms with van der Waals surface area (Å²) in [5, 5.41) is 3.88. The first kappa shape index (κ1) is 23.3. The van der Waals surface area contributed by atoms with E-state index in [2.05, 4.69) is 32.0 Å². The van der Waals surface area contributed by atoms with Gasteiger partial charge in [-0.1, -0.05) is 19.3 Å². The molecular formula is C17H32BrN3O2S. The number of halogens is 1. The van der Waals surface area contributed by atoms with Gasteiger partial charge in [-0.25, -0.2) is 9.78 Å². The highest BCUT2D eigenvalue weighted by Gasteiger charge is 2.18. The van der Waals surface area contributed by atoms with Crippen molar-refractivity contribution < 1.29 is 9.53 Å². The van der Waals surface area contributed by atoms with E-state index in [9.17, 15) is 4.79 Å². The average molecular weight is 422 g/mol. The Bertz CT molecular complexity index is 455. The number of amides is 1. The summed E-state index contributed by atoms with van der Waals surface area (Å²) < 4.78 is 6.10. The van der Waals surface area contributed by atoms with Crippen LogP contribution in [-0.4, -0.2) is 30.3 Å². The molecule has 24 heavy (non-hydrogen) atoms. The van der Waals surface area contributed by atoms with Crippen LogP contribution in [-0.2, 0) is 4.74 Å². The Balaban J connectivity index is 0.000000407. The number of nitrogens with zero attached hydrogens (tertiary/aromatic N) is 1. The molecule has 0 aromatic carbocycles. The maximum Gasteiger partial charge on any atom is 0.407 e. The van der Waals surface area contributed by atoms with E-state index in [1.165, 1.54) is 47.9 Å². The molecule has 140 valence electrons. The molecule has 0 saturated heterocycles. The van der Waals surface area contributed by atoms with Crippen molar-refractivity contribution in [2.24, 2.45) is 5.73 Å². The molecule has 2 rings (SSSR count). The monoisotopic (exact) mass is 421 g/mol. The minimum Gasteiger partial charge on any atom is -0.444 e. The van der Waals surface area contributed by atoms with Crippen molar-refractivity contribution in [2.45, 2.75) is 71.3 Å². The van der Waals surface area contributed by atoms with Gasteiger partial charge in [0.15, 0.2) is 0 Å². The van der Waals surface area contributed by atoms with Gasteiger partial charge in [-0.05, 0) is 63.5 Å². The van der Waals surface area contributed by atoms with E-state index >= 15 is 0 Å². The van der Waals surface area contributed by atoms with Gasteiger partial charge >= 0.3 is 6.09 Å². The molecule has 1 aromatic heterocycles. The Morgan fingerprint density at radius 1 is 1.38 bits per heavy atom. The van der Waals surface area contributed by atoms with Crippen LogP contribution >= 0.6 is 27.3 Å². The van der Waals surface area contributed by atoms with Gasteiger partial charge < -0.3 is 15.8 Å². The van der Waals surface area contributed by atoms with Crippen molar-refractivity contribution in [1.82, 2.24) is 10.3 Å². The standard InChI is InChI=1S/C9H12BrNS.C7H15NO2.CH5N/c10-8-6-11-9(12-8)7-4-2-1-3-5-7;1-5-8-6(9)10-7(2,3)4;1-2/h6-7H,1-5H2;5H2,1-4H3,(H,8,9);2H2,1H3. The maximum atomic E-state index is 10.7. The lowest BCUT2D eigenvalue weighted by Crippen LogP contribution is -2.32. The van der Waals surface area contributed by atoms with Gasteiger partial charge in [0.2, 0.25) is 0 Å². The number of aromatic nitrogens is 1. The molecule has 0 spiro atoms. The number of nitrogens with one attached hydrogen (secondary N) is 1. The normalized spacial score (nSPS) is 14.6. The number of thiazole rings is 1. The number of hydrogen-bond acceptors (Lipinski definition) is 5.